The molecule has 1 aliphatic rings. The third kappa shape index (κ3) is 3.01. The van der Waals surface area contributed by atoms with Crippen LogP contribution in [0.15, 0.2) is 29.6 Å². The smallest absolute Gasteiger partial charge is 0.0390 e. The Labute approximate surface area is 119 Å². The molecule has 2 N–H and O–H groups in total. The summed E-state index contributed by atoms with van der Waals surface area (Å²) in [6.45, 7) is 0. The van der Waals surface area contributed by atoms with Crippen LogP contribution >= 0.6 is 11.3 Å². The summed E-state index contributed by atoms with van der Waals surface area (Å²) in [6.07, 6.45) is 9.61. The maximum absolute atomic E-state index is 6.44. The number of hydrogen-bond acceptors (Lipinski definition) is 2. The Hall–Kier alpha value is -0.860. The quantitative estimate of drug-likeness (QED) is 0.807. The highest BCUT2D eigenvalue weighted by Crippen LogP contribution is 2.33. The predicted octanol–water partition coefficient (Wildman–Crippen LogP) is 5.26. The molecule has 1 saturated carbocycles. The molecule has 3 rings (SSSR count). The minimum absolute atomic E-state index is 0.212. The van der Waals surface area contributed by atoms with E-state index in [1.165, 1.54) is 54.2 Å². The van der Waals surface area contributed by atoms with Crippen molar-refractivity contribution in [3.63, 3.8) is 0 Å². The first-order valence-electron chi connectivity index (χ1n) is 7.56. The van der Waals surface area contributed by atoms with Crippen LogP contribution in [0.3, 0.4) is 0 Å². The van der Waals surface area contributed by atoms with Crippen LogP contribution in [0, 0.1) is 5.92 Å². The molecule has 1 unspecified atom stereocenters. The first kappa shape index (κ1) is 13.1. The average Bonchev–Trinajstić information content (AvgIpc) is 2.94. The van der Waals surface area contributed by atoms with Gasteiger partial charge in [0.1, 0.15) is 0 Å². The SMILES string of the molecule is NC(CCC1CCCCC1)c1cccc2ccsc12. The van der Waals surface area contributed by atoms with Crippen LogP contribution in [0.25, 0.3) is 10.1 Å². The lowest BCUT2D eigenvalue weighted by Crippen LogP contribution is -2.14. The molecule has 0 saturated heterocycles. The largest absolute Gasteiger partial charge is 0.324 e. The van der Waals surface area contributed by atoms with Gasteiger partial charge in [-0.3, -0.25) is 0 Å². The topological polar surface area (TPSA) is 26.0 Å². The zero-order valence-corrected chi connectivity index (χ0v) is 12.3. The summed E-state index contributed by atoms with van der Waals surface area (Å²) < 4.78 is 1.39. The molecule has 0 aliphatic heterocycles. The molecule has 102 valence electrons. The van der Waals surface area contributed by atoms with E-state index in [0.29, 0.717) is 0 Å². The second kappa shape index (κ2) is 6.06. The van der Waals surface area contributed by atoms with Gasteiger partial charge in [-0.2, -0.15) is 0 Å². The average molecular weight is 273 g/mol. The van der Waals surface area contributed by atoms with Crippen LogP contribution in [0.5, 0.6) is 0 Å². The van der Waals surface area contributed by atoms with E-state index >= 15 is 0 Å². The monoisotopic (exact) mass is 273 g/mol. The lowest BCUT2D eigenvalue weighted by Gasteiger charge is -2.23. The number of benzene rings is 1. The molecule has 1 nitrogen and oxygen atoms in total. The van der Waals surface area contributed by atoms with Crippen molar-refractivity contribution in [3.8, 4) is 0 Å². The summed E-state index contributed by atoms with van der Waals surface area (Å²) in [4.78, 5) is 0. The van der Waals surface area contributed by atoms with E-state index in [-0.39, 0.29) is 6.04 Å². The van der Waals surface area contributed by atoms with Gasteiger partial charge >= 0.3 is 0 Å². The molecule has 0 amide bonds. The Kier molecular flexibility index (Phi) is 4.19. The third-order valence-electron chi connectivity index (χ3n) is 4.52. The molecule has 19 heavy (non-hydrogen) atoms. The molecule has 0 radical (unpaired) electrons. The van der Waals surface area contributed by atoms with Crippen molar-refractivity contribution in [1.82, 2.24) is 0 Å². The van der Waals surface area contributed by atoms with E-state index in [1.807, 2.05) is 11.3 Å². The molecule has 1 heterocycles. The van der Waals surface area contributed by atoms with Gasteiger partial charge in [0.2, 0.25) is 0 Å². The summed E-state index contributed by atoms with van der Waals surface area (Å²) in [5.74, 6) is 0.933. The Bertz CT molecular complexity index is 525. The van der Waals surface area contributed by atoms with Crippen molar-refractivity contribution in [1.29, 1.82) is 0 Å². The molecular formula is C17H23NS. The molecule has 1 aromatic heterocycles. The first-order valence-corrected chi connectivity index (χ1v) is 8.44. The lowest BCUT2D eigenvalue weighted by atomic mass is 9.84. The van der Waals surface area contributed by atoms with Crippen LogP contribution in [0.2, 0.25) is 0 Å². The Morgan fingerprint density at radius 1 is 1.16 bits per heavy atom. The van der Waals surface area contributed by atoms with Crippen LogP contribution < -0.4 is 5.73 Å². The van der Waals surface area contributed by atoms with Crippen molar-refractivity contribution in [3.05, 3.63) is 35.2 Å². The van der Waals surface area contributed by atoms with Crippen LogP contribution in [0.1, 0.15) is 56.6 Å². The van der Waals surface area contributed by atoms with Gasteiger partial charge in [-0.15, -0.1) is 11.3 Å². The highest BCUT2D eigenvalue weighted by Gasteiger charge is 2.16. The Morgan fingerprint density at radius 3 is 2.84 bits per heavy atom. The standard InChI is InChI=1S/C17H23NS/c18-16(10-9-13-5-2-1-3-6-13)15-8-4-7-14-11-12-19-17(14)15/h4,7-8,11-13,16H,1-3,5-6,9-10,18H2. The third-order valence-corrected chi connectivity index (χ3v) is 5.50. The highest BCUT2D eigenvalue weighted by atomic mass is 32.1. The van der Waals surface area contributed by atoms with Gasteiger partial charge in [-0.1, -0.05) is 50.3 Å². The summed E-state index contributed by atoms with van der Waals surface area (Å²) in [5.41, 5.74) is 7.79. The second-order valence-corrected chi connectivity index (χ2v) is 6.79. The zero-order chi connectivity index (χ0) is 13.1. The van der Waals surface area contributed by atoms with Gasteiger partial charge in [-0.25, -0.2) is 0 Å². The fraction of sp³-hybridized carbons (Fsp3) is 0.529. The van der Waals surface area contributed by atoms with Crippen LogP contribution in [0.4, 0.5) is 0 Å². The molecule has 1 aliphatic carbocycles. The number of rotatable bonds is 4. The Morgan fingerprint density at radius 2 is 2.00 bits per heavy atom. The van der Waals surface area contributed by atoms with Crippen molar-refractivity contribution < 1.29 is 0 Å². The summed E-state index contributed by atoms with van der Waals surface area (Å²) >= 11 is 1.82. The van der Waals surface area contributed by atoms with Crippen molar-refractivity contribution in [2.24, 2.45) is 11.7 Å². The molecule has 0 bridgehead atoms. The normalized spacial score (nSPS) is 18.8. The molecule has 1 fully saturated rings. The summed E-state index contributed by atoms with van der Waals surface area (Å²) in [6, 6.07) is 8.94. The summed E-state index contributed by atoms with van der Waals surface area (Å²) in [7, 11) is 0. The minimum Gasteiger partial charge on any atom is -0.324 e. The van der Waals surface area contributed by atoms with Gasteiger partial charge in [0, 0.05) is 10.7 Å². The lowest BCUT2D eigenvalue weighted by molar-refractivity contribution is 0.324. The van der Waals surface area contributed by atoms with Crippen molar-refractivity contribution in [2.45, 2.75) is 51.0 Å². The number of hydrogen-bond donors (Lipinski definition) is 1. The van der Waals surface area contributed by atoms with Crippen LogP contribution in [-0.4, -0.2) is 0 Å². The summed E-state index contributed by atoms with van der Waals surface area (Å²) in [5, 5.41) is 3.51. The van der Waals surface area contributed by atoms with E-state index in [2.05, 4.69) is 29.6 Å². The zero-order valence-electron chi connectivity index (χ0n) is 11.5. The van der Waals surface area contributed by atoms with E-state index in [9.17, 15) is 0 Å². The van der Waals surface area contributed by atoms with Crippen molar-refractivity contribution in [2.75, 3.05) is 0 Å². The maximum atomic E-state index is 6.44. The predicted molar refractivity (Wildman–Crippen MR) is 84.6 cm³/mol. The molecule has 1 aromatic carbocycles. The van der Waals surface area contributed by atoms with Gasteiger partial charge in [0.05, 0.1) is 0 Å². The van der Waals surface area contributed by atoms with Gasteiger partial charge in [0.25, 0.3) is 0 Å². The Balaban J connectivity index is 1.66. The fourth-order valence-corrected chi connectivity index (χ4v) is 4.33. The number of fused-ring (bicyclic) bond motifs is 1. The van der Waals surface area contributed by atoms with E-state index < -0.39 is 0 Å². The molecular weight excluding hydrogens is 250 g/mol. The maximum Gasteiger partial charge on any atom is 0.0390 e. The molecule has 2 aromatic rings. The first-order chi connectivity index (χ1) is 9.34. The second-order valence-electron chi connectivity index (χ2n) is 5.87. The van der Waals surface area contributed by atoms with Crippen molar-refractivity contribution >= 4 is 21.4 Å². The highest BCUT2D eigenvalue weighted by molar-refractivity contribution is 7.17. The fourth-order valence-electron chi connectivity index (χ4n) is 3.35. The van der Waals surface area contributed by atoms with Gasteiger partial charge in [0.15, 0.2) is 0 Å². The minimum atomic E-state index is 0.212. The molecule has 2 heteroatoms. The van der Waals surface area contributed by atoms with E-state index in [1.54, 1.807) is 0 Å². The number of thiophene rings is 1. The van der Waals surface area contributed by atoms with E-state index in [0.717, 1.165) is 12.3 Å². The van der Waals surface area contributed by atoms with Gasteiger partial charge in [-0.05, 0) is 41.2 Å². The number of nitrogens with two attached hydrogens (primary N) is 1. The van der Waals surface area contributed by atoms with E-state index in [4.69, 9.17) is 5.73 Å². The van der Waals surface area contributed by atoms with Gasteiger partial charge < -0.3 is 5.73 Å². The molecule has 0 spiro atoms. The van der Waals surface area contributed by atoms with Crippen LogP contribution in [-0.2, 0) is 0 Å². The molecule has 1 atom stereocenters.